The minimum absolute atomic E-state index is 0.808. The Hall–Kier alpha value is -1.56. The fraction of sp³-hybridized carbons (Fsp3) is 0.0714. The molecule has 0 atom stereocenters. The molecule has 0 bridgehead atoms. The van der Waals surface area contributed by atoms with Crippen molar-refractivity contribution in [1.82, 2.24) is 0 Å². The Morgan fingerprint density at radius 2 is 1.50 bits per heavy atom. The molecular formula is C14H12. The topological polar surface area (TPSA) is 0 Å². The molecule has 0 aliphatic heterocycles. The second kappa shape index (κ2) is 3.67. The average molecular weight is 180 g/mol. The lowest BCUT2D eigenvalue weighted by Crippen LogP contribution is -1.82. The molecular weight excluding hydrogens is 168 g/mol. The van der Waals surface area contributed by atoms with E-state index in [-0.39, 0.29) is 0 Å². The molecule has 0 aromatic heterocycles. The highest BCUT2D eigenvalue weighted by Gasteiger charge is 1.99. The van der Waals surface area contributed by atoms with E-state index >= 15 is 0 Å². The van der Waals surface area contributed by atoms with Crippen LogP contribution < -0.4 is 0 Å². The van der Waals surface area contributed by atoms with Gasteiger partial charge in [-0.15, -0.1) is 0 Å². The van der Waals surface area contributed by atoms with E-state index in [0.29, 0.717) is 0 Å². The van der Waals surface area contributed by atoms with E-state index in [1.807, 2.05) is 12.1 Å². The summed E-state index contributed by atoms with van der Waals surface area (Å²) in [6.07, 6.45) is 0. The van der Waals surface area contributed by atoms with E-state index in [1.165, 1.54) is 16.7 Å². The minimum Gasteiger partial charge on any atom is -0.0620 e. The van der Waals surface area contributed by atoms with Crippen LogP contribution in [0.25, 0.3) is 11.1 Å². The second-order valence-corrected chi connectivity index (χ2v) is 3.44. The molecule has 0 unspecified atom stereocenters. The third kappa shape index (κ3) is 1.69. The summed E-state index contributed by atoms with van der Waals surface area (Å²) in [5.41, 5.74) is 4.59. The van der Waals surface area contributed by atoms with Crippen LogP contribution in [0.5, 0.6) is 0 Å². The zero-order valence-electron chi connectivity index (χ0n) is 8.20. The highest BCUT2D eigenvalue weighted by molar-refractivity contribution is 5.67. The number of aryl methyl sites for hydroxylation is 1. The van der Waals surface area contributed by atoms with E-state index in [1.54, 1.807) is 0 Å². The van der Waals surface area contributed by atoms with Gasteiger partial charge in [-0.2, -0.15) is 0 Å². The normalized spacial score (nSPS) is 10.1. The SMILES string of the molecule is [CH]c1ccc(-c2ccccc2C)cc1. The second-order valence-electron chi connectivity index (χ2n) is 3.44. The summed E-state index contributed by atoms with van der Waals surface area (Å²) >= 11 is 0. The molecule has 0 fully saturated rings. The van der Waals surface area contributed by atoms with Crippen molar-refractivity contribution in [3.05, 3.63) is 66.6 Å². The Bertz CT molecular complexity index is 424. The molecule has 0 aliphatic carbocycles. The first kappa shape index (κ1) is 9.01. The summed E-state index contributed by atoms with van der Waals surface area (Å²) in [4.78, 5) is 0. The molecule has 2 rings (SSSR count). The van der Waals surface area contributed by atoms with Gasteiger partial charge in [0, 0.05) is 0 Å². The van der Waals surface area contributed by atoms with Gasteiger partial charge in [0.1, 0.15) is 0 Å². The molecule has 0 aliphatic rings. The number of hydrogen-bond donors (Lipinski definition) is 0. The number of benzene rings is 2. The smallest absolute Gasteiger partial charge is 0.00120 e. The largest absolute Gasteiger partial charge is 0.0620 e. The predicted octanol–water partition coefficient (Wildman–Crippen LogP) is 3.72. The van der Waals surface area contributed by atoms with E-state index in [0.717, 1.165) is 5.56 Å². The highest BCUT2D eigenvalue weighted by atomic mass is 14.0. The number of hydrogen-bond acceptors (Lipinski definition) is 0. The van der Waals surface area contributed by atoms with Crippen molar-refractivity contribution < 1.29 is 0 Å². The Morgan fingerprint density at radius 1 is 0.857 bits per heavy atom. The Kier molecular flexibility index (Phi) is 2.36. The molecule has 0 spiro atoms. The van der Waals surface area contributed by atoms with Crippen LogP contribution in [0.3, 0.4) is 0 Å². The van der Waals surface area contributed by atoms with Gasteiger partial charge in [0.25, 0.3) is 0 Å². The van der Waals surface area contributed by atoms with Gasteiger partial charge >= 0.3 is 0 Å². The monoisotopic (exact) mass is 180 g/mol. The maximum Gasteiger partial charge on any atom is -0.00120 e. The zero-order valence-corrected chi connectivity index (χ0v) is 8.20. The molecule has 0 amide bonds. The lowest BCUT2D eigenvalue weighted by atomic mass is 10.00. The molecule has 68 valence electrons. The van der Waals surface area contributed by atoms with Crippen LogP contribution in [0.1, 0.15) is 11.1 Å². The lowest BCUT2D eigenvalue weighted by Gasteiger charge is -2.05. The number of rotatable bonds is 1. The summed E-state index contributed by atoms with van der Waals surface area (Å²) in [5, 5.41) is 0. The van der Waals surface area contributed by atoms with Gasteiger partial charge in [0.2, 0.25) is 0 Å². The van der Waals surface area contributed by atoms with Crippen LogP contribution in [0, 0.1) is 13.8 Å². The Morgan fingerprint density at radius 3 is 2.14 bits per heavy atom. The molecule has 0 nitrogen and oxygen atoms in total. The fourth-order valence-corrected chi connectivity index (χ4v) is 1.56. The lowest BCUT2D eigenvalue weighted by molar-refractivity contribution is 1.45. The van der Waals surface area contributed by atoms with Crippen molar-refractivity contribution >= 4 is 0 Å². The summed E-state index contributed by atoms with van der Waals surface area (Å²) in [6, 6.07) is 16.3. The summed E-state index contributed by atoms with van der Waals surface area (Å²) in [5.74, 6) is 0. The third-order valence-electron chi connectivity index (χ3n) is 2.37. The first-order valence-electron chi connectivity index (χ1n) is 4.69. The van der Waals surface area contributed by atoms with Crippen molar-refractivity contribution in [3.63, 3.8) is 0 Å². The van der Waals surface area contributed by atoms with Crippen molar-refractivity contribution in [2.75, 3.05) is 0 Å². The van der Waals surface area contributed by atoms with Gasteiger partial charge < -0.3 is 0 Å². The first-order chi connectivity index (χ1) is 6.77. The third-order valence-corrected chi connectivity index (χ3v) is 2.37. The summed E-state index contributed by atoms with van der Waals surface area (Å²) in [7, 11) is 0. The highest BCUT2D eigenvalue weighted by Crippen LogP contribution is 2.22. The Labute approximate surface area is 85.2 Å². The molecule has 2 aromatic carbocycles. The standard InChI is InChI=1S/C14H12/c1-11-7-9-13(10-8-11)14-6-4-3-5-12(14)2/h1,3-10H,2H3. The molecule has 0 saturated carbocycles. The molecule has 14 heavy (non-hydrogen) atoms. The van der Waals surface area contributed by atoms with Gasteiger partial charge in [-0.25, -0.2) is 0 Å². The molecule has 2 aromatic rings. The fourth-order valence-electron chi connectivity index (χ4n) is 1.56. The van der Waals surface area contributed by atoms with E-state index in [9.17, 15) is 0 Å². The summed E-state index contributed by atoms with van der Waals surface area (Å²) < 4.78 is 0. The van der Waals surface area contributed by atoms with Gasteiger partial charge in [0.15, 0.2) is 0 Å². The van der Waals surface area contributed by atoms with Crippen molar-refractivity contribution in [3.8, 4) is 11.1 Å². The molecule has 2 radical (unpaired) electrons. The van der Waals surface area contributed by atoms with Crippen molar-refractivity contribution in [2.45, 2.75) is 6.92 Å². The average Bonchev–Trinajstić information content (AvgIpc) is 2.20. The van der Waals surface area contributed by atoms with Gasteiger partial charge in [-0.1, -0.05) is 48.5 Å². The molecule has 0 heteroatoms. The van der Waals surface area contributed by atoms with Crippen LogP contribution in [0.4, 0.5) is 0 Å². The minimum atomic E-state index is 0.808. The van der Waals surface area contributed by atoms with Gasteiger partial charge in [-0.3, -0.25) is 0 Å². The Balaban J connectivity index is 2.50. The maximum absolute atomic E-state index is 5.64. The van der Waals surface area contributed by atoms with Gasteiger partial charge in [-0.05, 0) is 36.1 Å². The van der Waals surface area contributed by atoms with Crippen LogP contribution in [-0.4, -0.2) is 0 Å². The summed E-state index contributed by atoms with van der Waals surface area (Å²) in [6.45, 7) is 7.76. The van der Waals surface area contributed by atoms with Crippen molar-refractivity contribution in [2.24, 2.45) is 0 Å². The van der Waals surface area contributed by atoms with Gasteiger partial charge in [0.05, 0.1) is 0 Å². The molecule has 0 saturated heterocycles. The predicted molar refractivity (Wildman–Crippen MR) is 60.0 cm³/mol. The van der Waals surface area contributed by atoms with Crippen LogP contribution in [0.15, 0.2) is 48.5 Å². The quantitative estimate of drug-likeness (QED) is 0.627. The van der Waals surface area contributed by atoms with Crippen LogP contribution in [-0.2, 0) is 0 Å². The zero-order chi connectivity index (χ0) is 9.97. The van der Waals surface area contributed by atoms with Crippen LogP contribution >= 0.6 is 0 Å². The first-order valence-corrected chi connectivity index (χ1v) is 4.69. The molecule has 0 N–H and O–H groups in total. The van der Waals surface area contributed by atoms with E-state index in [2.05, 4.69) is 43.3 Å². The van der Waals surface area contributed by atoms with Crippen molar-refractivity contribution in [1.29, 1.82) is 0 Å². The molecule has 0 heterocycles. The maximum atomic E-state index is 5.64. The van der Waals surface area contributed by atoms with E-state index in [4.69, 9.17) is 6.92 Å². The van der Waals surface area contributed by atoms with Crippen LogP contribution in [0.2, 0.25) is 0 Å². The van der Waals surface area contributed by atoms with E-state index < -0.39 is 0 Å².